The number of amides is 1. The number of carbonyl (C=O) groups is 1. The van der Waals surface area contributed by atoms with Gasteiger partial charge >= 0.3 is 0 Å². The first-order valence-corrected chi connectivity index (χ1v) is 12.6. The van der Waals surface area contributed by atoms with Gasteiger partial charge in [-0.2, -0.15) is 0 Å². The number of carbonyl (C=O) groups excluding carboxylic acids is 1. The molecule has 0 radical (unpaired) electrons. The van der Waals surface area contributed by atoms with Gasteiger partial charge in [-0.15, -0.1) is 24.8 Å². The highest BCUT2D eigenvalue weighted by Gasteiger charge is 2.73. The summed E-state index contributed by atoms with van der Waals surface area (Å²) < 4.78 is 6.53. The second-order valence-corrected chi connectivity index (χ2v) is 11.1. The average molecular weight is 534 g/mol. The van der Waals surface area contributed by atoms with Crippen LogP contribution in [0.2, 0.25) is 0 Å². The third kappa shape index (κ3) is 3.32. The number of pyridine rings is 1. The number of phenolic OH excluding ortho intramolecular Hbond substituents is 1. The van der Waals surface area contributed by atoms with Crippen LogP contribution in [0.3, 0.4) is 0 Å². The number of aromatic hydroxyl groups is 1. The molecule has 7 nitrogen and oxygen atoms in total. The van der Waals surface area contributed by atoms with Crippen LogP contribution in [0.1, 0.15) is 59.2 Å². The Bertz CT molecular complexity index is 1210. The van der Waals surface area contributed by atoms with E-state index in [1.54, 1.807) is 24.5 Å². The molecule has 1 spiro atoms. The number of likely N-dealkylation sites (tertiary alicyclic amines) is 1. The minimum absolute atomic E-state index is 0. The van der Waals surface area contributed by atoms with Gasteiger partial charge in [0.25, 0.3) is 5.91 Å². The quantitative estimate of drug-likeness (QED) is 0.558. The highest BCUT2D eigenvalue weighted by atomic mass is 35.5. The minimum atomic E-state index is -0.940. The molecule has 5 aliphatic rings. The van der Waals surface area contributed by atoms with E-state index in [-0.39, 0.29) is 48.6 Å². The van der Waals surface area contributed by atoms with Crippen LogP contribution >= 0.6 is 24.8 Å². The van der Waals surface area contributed by atoms with Crippen molar-refractivity contribution >= 4 is 30.7 Å². The maximum atomic E-state index is 13.2. The van der Waals surface area contributed by atoms with Gasteiger partial charge in [-0.3, -0.25) is 14.7 Å². The molecule has 36 heavy (non-hydrogen) atoms. The monoisotopic (exact) mass is 533 g/mol. The van der Waals surface area contributed by atoms with Crippen LogP contribution in [0.5, 0.6) is 11.5 Å². The number of ether oxygens (including phenoxy) is 1. The fourth-order valence-electron chi connectivity index (χ4n) is 7.60. The van der Waals surface area contributed by atoms with Gasteiger partial charge < -0.3 is 20.3 Å². The van der Waals surface area contributed by atoms with Gasteiger partial charge in [0.05, 0.1) is 17.1 Å². The zero-order chi connectivity index (χ0) is 23.2. The third-order valence-electron chi connectivity index (χ3n) is 9.34. The Hall–Kier alpha value is -2.06. The molecule has 1 amide bonds. The van der Waals surface area contributed by atoms with E-state index >= 15 is 0 Å². The lowest BCUT2D eigenvalue weighted by molar-refractivity contribution is -0.191. The maximum Gasteiger partial charge on any atom is 0.252 e. The smallest absolute Gasteiger partial charge is 0.252 e. The summed E-state index contributed by atoms with van der Waals surface area (Å²) >= 11 is 0. The number of phenols is 1. The summed E-state index contributed by atoms with van der Waals surface area (Å²) in [5.74, 6) is 1.24. The number of nitrogens with zero attached hydrogens (tertiary/aromatic N) is 2. The van der Waals surface area contributed by atoms with E-state index in [0.717, 1.165) is 43.0 Å². The SMILES string of the molecule is Cc1cnccc1C(=O)N[C@@H]1CC[C@@]2(O)[C@H]3Cc4ccc(O)c5c4[C@@]2(CCN3CC2CC2)[C@H]1O5.Cl.Cl. The average Bonchev–Trinajstić information content (AvgIpc) is 3.56. The second-order valence-electron chi connectivity index (χ2n) is 11.1. The molecule has 2 aliphatic heterocycles. The fourth-order valence-corrected chi connectivity index (χ4v) is 7.60. The molecule has 1 saturated heterocycles. The van der Waals surface area contributed by atoms with Gasteiger partial charge in [0, 0.05) is 36.1 Å². The number of aromatic nitrogens is 1. The highest BCUT2D eigenvalue weighted by molar-refractivity contribution is 5.95. The van der Waals surface area contributed by atoms with E-state index < -0.39 is 17.1 Å². The zero-order valence-corrected chi connectivity index (χ0v) is 21.9. The van der Waals surface area contributed by atoms with Crippen LogP contribution in [0.15, 0.2) is 30.6 Å². The van der Waals surface area contributed by atoms with Crippen LogP contribution < -0.4 is 10.1 Å². The summed E-state index contributed by atoms with van der Waals surface area (Å²) in [6, 6.07) is 5.26. The van der Waals surface area contributed by atoms with Gasteiger partial charge in [-0.1, -0.05) is 6.07 Å². The molecule has 7 rings (SSSR count). The van der Waals surface area contributed by atoms with E-state index in [1.165, 1.54) is 18.4 Å². The molecule has 5 atom stereocenters. The van der Waals surface area contributed by atoms with Crippen molar-refractivity contribution < 1.29 is 19.7 Å². The predicted octanol–water partition coefficient (Wildman–Crippen LogP) is 3.30. The van der Waals surface area contributed by atoms with E-state index in [0.29, 0.717) is 24.2 Å². The van der Waals surface area contributed by atoms with E-state index in [2.05, 4.69) is 15.2 Å². The van der Waals surface area contributed by atoms with Crippen molar-refractivity contribution in [1.82, 2.24) is 15.2 Å². The molecule has 1 aromatic carbocycles. The largest absolute Gasteiger partial charge is 0.504 e. The van der Waals surface area contributed by atoms with Gasteiger partial charge in [-0.05, 0) is 81.2 Å². The van der Waals surface area contributed by atoms with Crippen molar-refractivity contribution in [1.29, 1.82) is 0 Å². The van der Waals surface area contributed by atoms with E-state index in [9.17, 15) is 15.0 Å². The van der Waals surface area contributed by atoms with Crippen molar-refractivity contribution in [3.63, 3.8) is 0 Å². The number of hydrogen-bond acceptors (Lipinski definition) is 6. The number of aliphatic hydroxyl groups is 1. The number of halogens is 2. The van der Waals surface area contributed by atoms with Crippen LogP contribution in [0.4, 0.5) is 0 Å². The van der Waals surface area contributed by atoms with Crippen LogP contribution in [0, 0.1) is 12.8 Å². The Balaban J connectivity index is 0.00000133. The maximum absolute atomic E-state index is 13.2. The molecule has 1 aromatic heterocycles. The van der Waals surface area contributed by atoms with Crippen LogP contribution in [0.25, 0.3) is 0 Å². The number of piperidine rings is 1. The molecular weight excluding hydrogens is 501 g/mol. The molecule has 9 heteroatoms. The highest BCUT2D eigenvalue weighted by Crippen LogP contribution is 2.65. The third-order valence-corrected chi connectivity index (χ3v) is 9.34. The number of rotatable bonds is 4. The summed E-state index contributed by atoms with van der Waals surface area (Å²) in [6.07, 6.45) is 8.27. The molecule has 2 saturated carbocycles. The standard InChI is InChI=1S/C27H31N3O4.2ClH/c1-15-13-28-10-7-18(15)25(32)29-19-6-8-27(33)21-12-17-4-5-20(31)23-22(17)26(27,24(19)34-23)9-11-30(21)14-16-2-3-16;;/h4-5,7,10,13,16,19,21,24,31,33H,2-3,6,8-9,11-12,14H2,1H3,(H,29,32);2*1H/t19-,21-,24+,26+,27-;;/m1../s1. The predicted molar refractivity (Wildman–Crippen MR) is 140 cm³/mol. The number of aryl methyl sites for hydroxylation is 1. The van der Waals surface area contributed by atoms with Gasteiger partial charge in [0.2, 0.25) is 0 Å². The first kappa shape index (κ1) is 25.6. The normalized spacial score (nSPS) is 33.4. The molecule has 3 aliphatic carbocycles. The van der Waals surface area contributed by atoms with E-state index in [1.807, 2.05) is 13.0 Å². The Morgan fingerprint density at radius 2 is 2.03 bits per heavy atom. The zero-order valence-electron chi connectivity index (χ0n) is 20.3. The molecular formula is C27H33Cl2N3O4. The van der Waals surface area contributed by atoms with Crippen molar-refractivity contribution in [3.8, 4) is 11.5 Å². The number of hydrogen-bond donors (Lipinski definition) is 3. The van der Waals surface area contributed by atoms with E-state index in [4.69, 9.17) is 4.74 Å². The Morgan fingerprint density at radius 3 is 2.78 bits per heavy atom. The minimum Gasteiger partial charge on any atom is -0.504 e. The summed E-state index contributed by atoms with van der Waals surface area (Å²) in [4.78, 5) is 19.9. The van der Waals surface area contributed by atoms with Crippen LogP contribution in [-0.2, 0) is 11.8 Å². The molecule has 3 heterocycles. The first-order valence-electron chi connectivity index (χ1n) is 12.6. The summed E-state index contributed by atoms with van der Waals surface area (Å²) in [5, 5.41) is 26.5. The summed E-state index contributed by atoms with van der Waals surface area (Å²) in [7, 11) is 0. The molecule has 194 valence electrons. The molecule has 3 fully saturated rings. The second kappa shape index (κ2) is 8.76. The lowest BCUT2D eigenvalue weighted by Gasteiger charge is -2.64. The fraction of sp³-hybridized carbons (Fsp3) is 0.556. The summed E-state index contributed by atoms with van der Waals surface area (Å²) in [5.41, 5.74) is 2.03. The van der Waals surface area contributed by atoms with Crippen LogP contribution in [-0.4, -0.2) is 62.9 Å². The van der Waals surface area contributed by atoms with Crippen molar-refractivity contribution in [2.75, 3.05) is 13.1 Å². The first-order chi connectivity index (χ1) is 16.4. The van der Waals surface area contributed by atoms with Gasteiger partial charge in [-0.25, -0.2) is 0 Å². The van der Waals surface area contributed by atoms with Crippen molar-refractivity contribution in [3.05, 3.63) is 52.8 Å². The molecule has 2 bridgehead atoms. The van der Waals surface area contributed by atoms with Crippen molar-refractivity contribution in [2.45, 2.75) is 74.7 Å². The molecule has 3 N–H and O–H groups in total. The van der Waals surface area contributed by atoms with Crippen molar-refractivity contribution in [2.24, 2.45) is 5.92 Å². The lowest BCUT2D eigenvalue weighted by Crippen LogP contribution is -2.78. The summed E-state index contributed by atoms with van der Waals surface area (Å²) in [6.45, 7) is 3.84. The molecule has 0 unspecified atom stereocenters. The Kier molecular flexibility index (Phi) is 6.22. The Labute approximate surface area is 223 Å². The van der Waals surface area contributed by atoms with Gasteiger partial charge in [0.1, 0.15) is 6.10 Å². The molecule has 2 aromatic rings. The topological polar surface area (TPSA) is 94.9 Å². The Morgan fingerprint density at radius 1 is 1.22 bits per heavy atom. The van der Waals surface area contributed by atoms with Gasteiger partial charge in [0.15, 0.2) is 11.5 Å². The lowest BCUT2D eigenvalue weighted by atomic mass is 9.48. The number of benzene rings is 1. The number of nitrogens with one attached hydrogen (secondary N) is 1.